The molecule has 0 spiro atoms. The molecule has 116 valence electrons. The molecule has 4 aromatic carbocycles. The molecule has 0 heterocycles. The Morgan fingerprint density at radius 3 is 2.08 bits per heavy atom. The predicted octanol–water partition coefficient (Wildman–Crippen LogP) is 4.54. The van der Waals surface area contributed by atoms with Gasteiger partial charge in [-0.3, -0.25) is 0 Å². The molecule has 4 rings (SSSR count). The van der Waals surface area contributed by atoms with Gasteiger partial charge in [0.2, 0.25) is 0 Å². The first-order valence-corrected chi connectivity index (χ1v) is 7.40. The van der Waals surface area contributed by atoms with E-state index in [4.69, 9.17) is 5.11 Å². The van der Waals surface area contributed by atoms with Crippen LogP contribution in [-0.2, 0) is 0 Å². The van der Waals surface area contributed by atoms with Gasteiger partial charge in [0.05, 0.1) is 11.1 Å². The molecule has 0 aliphatic carbocycles. The molecule has 0 atom stereocenters. The average molecular weight is 316 g/mol. The van der Waals surface area contributed by atoms with E-state index in [1.807, 2.05) is 30.3 Å². The third-order valence-electron chi connectivity index (χ3n) is 4.29. The van der Waals surface area contributed by atoms with Crippen LogP contribution in [0.3, 0.4) is 0 Å². The van der Waals surface area contributed by atoms with E-state index in [1.165, 1.54) is 0 Å². The highest BCUT2D eigenvalue weighted by Gasteiger charge is 2.13. The van der Waals surface area contributed by atoms with Crippen molar-refractivity contribution in [2.24, 2.45) is 0 Å². The van der Waals surface area contributed by atoms with Crippen molar-refractivity contribution in [3.8, 4) is 0 Å². The Morgan fingerprint density at radius 1 is 0.625 bits per heavy atom. The Kier molecular flexibility index (Phi) is 3.00. The van der Waals surface area contributed by atoms with Gasteiger partial charge in [-0.2, -0.15) is 0 Å². The van der Waals surface area contributed by atoms with Crippen molar-refractivity contribution in [2.75, 3.05) is 0 Å². The summed E-state index contributed by atoms with van der Waals surface area (Å²) >= 11 is 0. The number of fused-ring (bicyclic) bond motifs is 4. The minimum absolute atomic E-state index is 0.230. The number of benzene rings is 4. The maximum absolute atomic E-state index is 11.6. The van der Waals surface area contributed by atoms with Gasteiger partial charge in [0.15, 0.2) is 0 Å². The van der Waals surface area contributed by atoms with Gasteiger partial charge >= 0.3 is 11.9 Å². The molecular weight excluding hydrogens is 304 g/mol. The SMILES string of the molecule is O=C(O)c1ccc2cc3cc(C(=O)O)c4ccccc4c3cc2c1. The quantitative estimate of drug-likeness (QED) is 0.420. The summed E-state index contributed by atoms with van der Waals surface area (Å²) in [5, 5.41) is 23.6. The first-order valence-electron chi connectivity index (χ1n) is 7.40. The van der Waals surface area contributed by atoms with Crippen LogP contribution in [0, 0.1) is 0 Å². The first-order chi connectivity index (χ1) is 11.5. The molecule has 0 aromatic heterocycles. The Morgan fingerprint density at radius 2 is 1.38 bits per heavy atom. The molecule has 0 fully saturated rings. The molecule has 0 amide bonds. The van der Waals surface area contributed by atoms with Gasteiger partial charge in [-0.15, -0.1) is 0 Å². The summed E-state index contributed by atoms with van der Waals surface area (Å²) in [5.41, 5.74) is 0.493. The van der Waals surface area contributed by atoms with Crippen molar-refractivity contribution in [1.29, 1.82) is 0 Å². The molecule has 2 N–H and O–H groups in total. The van der Waals surface area contributed by atoms with E-state index >= 15 is 0 Å². The molecule has 0 aliphatic heterocycles. The fourth-order valence-electron chi connectivity index (χ4n) is 3.16. The van der Waals surface area contributed by atoms with Crippen LogP contribution in [0.15, 0.2) is 60.7 Å². The Bertz CT molecular complexity index is 1160. The first kappa shape index (κ1) is 14.2. The van der Waals surface area contributed by atoms with Crippen LogP contribution in [0.5, 0.6) is 0 Å². The van der Waals surface area contributed by atoms with Crippen molar-refractivity contribution in [3.63, 3.8) is 0 Å². The summed E-state index contributed by atoms with van der Waals surface area (Å²) in [7, 11) is 0. The Balaban J connectivity index is 2.17. The normalized spacial score (nSPS) is 11.2. The highest BCUT2D eigenvalue weighted by atomic mass is 16.4. The number of aromatic carboxylic acids is 2. The van der Waals surface area contributed by atoms with E-state index in [0.717, 1.165) is 26.9 Å². The van der Waals surface area contributed by atoms with Gasteiger partial charge in [0.25, 0.3) is 0 Å². The Hall–Kier alpha value is -3.40. The van der Waals surface area contributed by atoms with E-state index in [9.17, 15) is 14.7 Å². The van der Waals surface area contributed by atoms with E-state index in [-0.39, 0.29) is 11.1 Å². The van der Waals surface area contributed by atoms with Crippen LogP contribution < -0.4 is 0 Å². The fraction of sp³-hybridized carbons (Fsp3) is 0. The molecule has 0 saturated heterocycles. The number of hydrogen-bond donors (Lipinski definition) is 2. The van der Waals surface area contributed by atoms with Crippen molar-refractivity contribution in [1.82, 2.24) is 0 Å². The summed E-state index contributed by atoms with van der Waals surface area (Å²) in [5.74, 6) is -1.93. The summed E-state index contributed by atoms with van der Waals surface area (Å²) in [4.78, 5) is 22.8. The number of rotatable bonds is 2. The van der Waals surface area contributed by atoms with Crippen LogP contribution in [-0.4, -0.2) is 22.2 Å². The van der Waals surface area contributed by atoms with Gasteiger partial charge in [0.1, 0.15) is 0 Å². The van der Waals surface area contributed by atoms with Crippen LogP contribution in [0.1, 0.15) is 20.7 Å². The standard InChI is InChI=1S/C20H12O4/c21-19(22)12-6-5-11-7-14-10-18(20(23)24)16-4-2-1-3-15(16)17(14)9-13(11)8-12/h1-10H,(H,21,22)(H,23,24). The topological polar surface area (TPSA) is 74.6 Å². The van der Waals surface area contributed by atoms with Crippen LogP contribution in [0.2, 0.25) is 0 Å². The van der Waals surface area contributed by atoms with Crippen molar-refractivity contribution >= 4 is 44.3 Å². The number of hydrogen-bond acceptors (Lipinski definition) is 2. The summed E-state index contributed by atoms with van der Waals surface area (Å²) in [6.45, 7) is 0. The molecule has 0 bridgehead atoms. The summed E-state index contributed by atoms with van der Waals surface area (Å²) in [6, 6.07) is 17.8. The molecule has 0 radical (unpaired) electrons. The largest absolute Gasteiger partial charge is 0.478 e. The zero-order chi connectivity index (χ0) is 16.8. The lowest BCUT2D eigenvalue weighted by Gasteiger charge is -2.10. The number of carboxylic acids is 2. The predicted molar refractivity (Wildman–Crippen MR) is 92.9 cm³/mol. The molecule has 24 heavy (non-hydrogen) atoms. The van der Waals surface area contributed by atoms with Crippen molar-refractivity contribution < 1.29 is 19.8 Å². The molecule has 4 nitrogen and oxygen atoms in total. The molecule has 0 saturated carbocycles. The van der Waals surface area contributed by atoms with Crippen molar-refractivity contribution in [3.05, 3.63) is 71.8 Å². The van der Waals surface area contributed by atoms with Gasteiger partial charge in [0, 0.05) is 0 Å². The monoisotopic (exact) mass is 316 g/mol. The van der Waals surface area contributed by atoms with Crippen LogP contribution >= 0.6 is 0 Å². The molecule has 0 aliphatic rings. The van der Waals surface area contributed by atoms with E-state index in [1.54, 1.807) is 30.3 Å². The maximum Gasteiger partial charge on any atom is 0.336 e. The minimum Gasteiger partial charge on any atom is -0.478 e. The molecule has 4 heteroatoms. The Labute approximate surface area is 136 Å². The number of carbonyl (C=O) groups is 2. The average Bonchev–Trinajstić information content (AvgIpc) is 2.58. The number of carboxylic acid groups (broad SMARTS) is 2. The van der Waals surface area contributed by atoms with E-state index in [0.29, 0.717) is 5.39 Å². The third-order valence-corrected chi connectivity index (χ3v) is 4.29. The highest BCUT2D eigenvalue weighted by Crippen LogP contribution is 2.32. The van der Waals surface area contributed by atoms with Gasteiger partial charge in [-0.1, -0.05) is 30.3 Å². The lowest BCUT2D eigenvalue weighted by atomic mass is 9.94. The highest BCUT2D eigenvalue weighted by molar-refractivity contribution is 6.18. The van der Waals surface area contributed by atoms with E-state index < -0.39 is 11.9 Å². The maximum atomic E-state index is 11.6. The zero-order valence-corrected chi connectivity index (χ0v) is 12.5. The van der Waals surface area contributed by atoms with Gasteiger partial charge in [-0.05, 0) is 62.6 Å². The van der Waals surface area contributed by atoms with Gasteiger partial charge < -0.3 is 10.2 Å². The molecule has 0 unspecified atom stereocenters. The molecular formula is C20H12O4. The second kappa shape index (κ2) is 5.06. The zero-order valence-electron chi connectivity index (χ0n) is 12.5. The second-order valence-corrected chi connectivity index (χ2v) is 5.72. The van der Waals surface area contributed by atoms with Gasteiger partial charge in [-0.25, -0.2) is 9.59 Å². The summed E-state index contributed by atoms with van der Waals surface area (Å²) < 4.78 is 0. The smallest absolute Gasteiger partial charge is 0.336 e. The fourth-order valence-corrected chi connectivity index (χ4v) is 3.16. The van der Waals surface area contributed by atoms with E-state index in [2.05, 4.69) is 0 Å². The third kappa shape index (κ3) is 2.08. The lowest BCUT2D eigenvalue weighted by Crippen LogP contribution is -1.98. The van der Waals surface area contributed by atoms with Crippen LogP contribution in [0.4, 0.5) is 0 Å². The second-order valence-electron chi connectivity index (χ2n) is 5.72. The minimum atomic E-state index is -0.969. The molecule has 4 aromatic rings. The van der Waals surface area contributed by atoms with Crippen molar-refractivity contribution in [2.45, 2.75) is 0 Å². The lowest BCUT2D eigenvalue weighted by molar-refractivity contribution is 0.0687. The summed E-state index contributed by atoms with van der Waals surface area (Å²) in [6.07, 6.45) is 0. The van der Waals surface area contributed by atoms with Crippen LogP contribution in [0.25, 0.3) is 32.3 Å².